The van der Waals surface area contributed by atoms with Gasteiger partial charge in [0.15, 0.2) is 0 Å². The summed E-state index contributed by atoms with van der Waals surface area (Å²) in [5.41, 5.74) is 0.839. The van der Waals surface area contributed by atoms with E-state index in [1.165, 1.54) is 24.2 Å². The van der Waals surface area contributed by atoms with Crippen LogP contribution < -0.4 is 0 Å². The van der Waals surface area contributed by atoms with Crippen molar-refractivity contribution in [2.75, 3.05) is 6.54 Å². The van der Waals surface area contributed by atoms with Crippen LogP contribution in [-0.2, 0) is 15.9 Å². The zero-order chi connectivity index (χ0) is 14.3. The molecule has 0 amide bonds. The summed E-state index contributed by atoms with van der Waals surface area (Å²) in [6, 6.07) is 0.219. The van der Waals surface area contributed by atoms with Gasteiger partial charge in [0, 0.05) is 17.5 Å². The lowest BCUT2D eigenvalue weighted by atomic mass is 9.94. The SMILES string of the molecule is Cc1csc(CCl)c1S(=O)(=O)N1CCCC2CCCC21. The molecule has 20 heavy (non-hydrogen) atoms. The average Bonchev–Trinajstić information content (AvgIpc) is 3.03. The molecule has 1 aromatic heterocycles. The molecule has 2 atom stereocenters. The summed E-state index contributed by atoms with van der Waals surface area (Å²) in [6.45, 7) is 2.54. The van der Waals surface area contributed by atoms with Crippen molar-refractivity contribution in [1.29, 1.82) is 0 Å². The van der Waals surface area contributed by atoms with Gasteiger partial charge < -0.3 is 0 Å². The van der Waals surface area contributed by atoms with Gasteiger partial charge in [-0.1, -0.05) is 6.42 Å². The van der Waals surface area contributed by atoms with E-state index in [0.717, 1.165) is 29.7 Å². The third-order valence-corrected chi connectivity index (χ3v) is 8.43. The Labute approximate surface area is 130 Å². The predicted molar refractivity (Wildman–Crippen MR) is 82.9 cm³/mol. The van der Waals surface area contributed by atoms with Crippen LogP contribution in [0.2, 0.25) is 0 Å². The molecule has 112 valence electrons. The van der Waals surface area contributed by atoms with E-state index in [9.17, 15) is 8.42 Å². The molecule has 1 aliphatic carbocycles. The highest BCUT2D eigenvalue weighted by atomic mass is 35.5. The zero-order valence-corrected chi connectivity index (χ0v) is 14.0. The Hall–Kier alpha value is -0.100. The van der Waals surface area contributed by atoms with Crippen LogP contribution in [0.15, 0.2) is 10.3 Å². The summed E-state index contributed by atoms with van der Waals surface area (Å²) in [7, 11) is -3.39. The second-order valence-electron chi connectivity index (χ2n) is 5.82. The topological polar surface area (TPSA) is 37.4 Å². The summed E-state index contributed by atoms with van der Waals surface area (Å²) in [5, 5.41) is 1.90. The molecule has 6 heteroatoms. The Morgan fingerprint density at radius 2 is 2.10 bits per heavy atom. The van der Waals surface area contributed by atoms with Gasteiger partial charge in [-0.05, 0) is 49.5 Å². The van der Waals surface area contributed by atoms with Gasteiger partial charge in [-0.15, -0.1) is 22.9 Å². The number of hydrogen-bond acceptors (Lipinski definition) is 3. The third-order valence-electron chi connectivity index (χ3n) is 4.62. The number of alkyl halides is 1. The van der Waals surface area contributed by atoms with Crippen LogP contribution in [0.3, 0.4) is 0 Å². The van der Waals surface area contributed by atoms with Crippen LogP contribution in [0.5, 0.6) is 0 Å². The lowest BCUT2D eigenvalue weighted by molar-refractivity contribution is 0.202. The van der Waals surface area contributed by atoms with Crippen LogP contribution in [0, 0.1) is 12.8 Å². The summed E-state index contributed by atoms with van der Waals surface area (Å²) in [4.78, 5) is 1.26. The minimum Gasteiger partial charge on any atom is -0.207 e. The van der Waals surface area contributed by atoms with Gasteiger partial charge in [0.1, 0.15) is 4.90 Å². The molecule has 1 aromatic rings. The number of piperidine rings is 1. The van der Waals surface area contributed by atoms with Gasteiger partial charge in [-0.3, -0.25) is 0 Å². The predicted octanol–water partition coefficient (Wildman–Crippen LogP) is 3.75. The molecule has 0 aromatic carbocycles. The normalized spacial score (nSPS) is 27.7. The molecule has 3 rings (SSSR count). The minimum atomic E-state index is -3.39. The largest absolute Gasteiger partial charge is 0.244 e. The number of aryl methyl sites for hydroxylation is 1. The van der Waals surface area contributed by atoms with E-state index in [4.69, 9.17) is 11.6 Å². The number of halogens is 1. The number of nitrogens with zero attached hydrogens (tertiary/aromatic N) is 1. The quantitative estimate of drug-likeness (QED) is 0.790. The smallest absolute Gasteiger partial charge is 0.207 e. The summed E-state index contributed by atoms with van der Waals surface area (Å²) >= 11 is 7.38. The maximum atomic E-state index is 13.1. The summed E-state index contributed by atoms with van der Waals surface area (Å²) < 4.78 is 27.9. The van der Waals surface area contributed by atoms with Crippen molar-refractivity contribution in [3.63, 3.8) is 0 Å². The Morgan fingerprint density at radius 1 is 1.35 bits per heavy atom. The molecule has 3 nitrogen and oxygen atoms in total. The number of fused-ring (bicyclic) bond motifs is 1. The Morgan fingerprint density at radius 3 is 2.85 bits per heavy atom. The first-order chi connectivity index (χ1) is 9.55. The maximum Gasteiger partial charge on any atom is 0.244 e. The van der Waals surface area contributed by atoms with E-state index >= 15 is 0 Å². The van der Waals surface area contributed by atoms with Gasteiger partial charge in [-0.2, -0.15) is 4.31 Å². The van der Waals surface area contributed by atoms with Crippen molar-refractivity contribution >= 4 is 33.0 Å². The van der Waals surface area contributed by atoms with E-state index < -0.39 is 10.0 Å². The molecule has 1 saturated heterocycles. The molecule has 1 saturated carbocycles. The minimum absolute atomic E-state index is 0.219. The molecule has 2 heterocycles. The van der Waals surface area contributed by atoms with Crippen molar-refractivity contribution in [1.82, 2.24) is 4.31 Å². The third kappa shape index (κ3) is 2.32. The van der Waals surface area contributed by atoms with E-state index in [2.05, 4.69) is 0 Å². The van der Waals surface area contributed by atoms with Gasteiger partial charge in [0.2, 0.25) is 10.0 Å². The highest BCUT2D eigenvalue weighted by Gasteiger charge is 2.42. The van der Waals surface area contributed by atoms with Gasteiger partial charge >= 0.3 is 0 Å². The molecule has 0 spiro atoms. The number of thiophene rings is 1. The molecule has 0 radical (unpaired) electrons. The monoisotopic (exact) mass is 333 g/mol. The first-order valence-corrected chi connectivity index (χ1v) is 10.1. The van der Waals surface area contributed by atoms with E-state index in [0.29, 0.717) is 17.4 Å². The van der Waals surface area contributed by atoms with Crippen molar-refractivity contribution < 1.29 is 8.42 Å². The molecule has 2 fully saturated rings. The zero-order valence-electron chi connectivity index (χ0n) is 11.6. The molecule has 0 N–H and O–H groups in total. The second kappa shape index (κ2) is 5.59. The standard InChI is InChI=1S/C14H20ClNO2S2/c1-10-9-19-13(8-15)14(10)20(17,18)16-7-3-5-11-4-2-6-12(11)16/h9,11-12H,2-8H2,1H3. The number of rotatable bonds is 3. The number of hydrogen-bond donors (Lipinski definition) is 0. The first-order valence-electron chi connectivity index (χ1n) is 7.20. The fourth-order valence-corrected chi connectivity index (χ4v) is 7.52. The van der Waals surface area contributed by atoms with Crippen LogP contribution >= 0.6 is 22.9 Å². The molecule has 1 aliphatic heterocycles. The van der Waals surface area contributed by atoms with Crippen molar-refractivity contribution in [2.24, 2.45) is 5.92 Å². The Kier molecular flexibility index (Phi) is 4.15. The van der Waals surface area contributed by atoms with Crippen molar-refractivity contribution in [3.05, 3.63) is 15.8 Å². The Bertz CT molecular complexity index is 596. The fourth-order valence-electron chi connectivity index (χ4n) is 3.75. The summed E-state index contributed by atoms with van der Waals surface area (Å²) in [6.07, 6.45) is 5.53. The lowest BCUT2D eigenvalue weighted by Gasteiger charge is -2.36. The number of sulfonamides is 1. The fraction of sp³-hybridized carbons (Fsp3) is 0.714. The van der Waals surface area contributed by atoms with E-state index in [-0.39, 0.29) is 11.9 Å². The van der Waals surface area contributed by atoms with Gasteiger partial charge in [0.25, 0.3) is 0 Å². The Balaban J connectivity index is 2.00. The first kappa shape index (κ1) is 14.8. The highest BCUT2D eigenvalue weighted by molar-refractivity contribution is 7.89. The van der Waals surface area contributed by atoms with E-state index in [1.807, 2.05) is 12.3 Å². The maximum absolute atomic E-state index is 13.1. The van der Waals surface area contributed by atoms with E-state index in [1.54, 1.807) is 4.31 Å². The van der Waals surface area contributed by atoms with Crippen molar-refractivity contribution in [2.45, 2.75) is 55.8 Å². The molecular weight excluding hydrogens is 314 g/mol. The van der Waals surface area contributed by atoms with Crippen molar-refractivity contribution in [3.8, 4) is 0 Å². The summed E-state index contributed by atoms with van der Waals surface area (Å²) in [5.74, 6) is 0.839. The second-order valence-corrected chi connectivity index (χ2v) is 8.88. The molecular formula is C14H20ClNO2S2. The lowest BCUT2D eigenvalue weighted by Crippen LogP contribution is -2.46. The van der Waals surface area contributed by atoms with Crippen LogP contribution in [0.25, 0.3) is 0 Å². The highest BCUT2D eigenvalue weighted by Crippen LogP contribution is 2.41. The molecule has 2 aliphatic rings. The van der Waals surface area contributed by atoms with Gasteiger partial charge in [-0.25, -0.2) is 8.42 Å². The van der Waals surface area contributed by atoms with Crippen LogP contribution in [0.1, 0.15) is 42.5 Å². The van der Waals surface area contributed by atoms with Crippen LogP contribution in [-0.4, -0.2) is 25.3 Å². The molecule has 0 bridgehead atoms. The van der Waals surface area contributed by atoms with Gasteiger partial charge in [0.05, 0.1) is 5.88 Å². The molecule has 2 unspecified atom stereocenters. The average molecular weight is 334 g/mol. The van der Waals surface area contributed by atoms with Crippen LogP contribution in [0.4, 0.5) is 0 Å².